The molecule has 0 N–H and O–H groups in total. The lowest BCUT2D eigenvalue weighted by Crippen LogP contribution is -1.95. The van der Waals surface area contributed by atoms with Gasteiger partial charge in [0.1, 0.15) is 0 Å². The quantitative estimate of drug-likeness (QED) is 0.756. The Morgan fingerprint density at radius 3 is 2.44 bits per heavy atom. The van der Waals surface area contributed by atoms with E-state index in [0.29, 0.717) is 17.9 Å². The fourth-order valence-corrected chi connectivity index (χ4v) is 1.62. The highest BCUT2D eigenvalue weighted by atomic mass is 19.1. The first-order valence-electron chi connectivity index (χ1n) is 5.29. The monoisotopic (exact) mass is 216 g/mol. The first-order chi connectivity index (χ1) is 7.83. The summed E-state index contributed by atoms with van der Waals surface area (Å²) in [4.78, 5) is 0. The molecule has 0 spiro atoms. The van der Waals surface area contributed by atoms with Crippen molar-refractivity contribution in [3.63, 3.8) is 0 Å². The van der Waals surface area contributed by atoms with Crippen LogP contribution in [0.4, 0.5) is 4.39 Å². The third-order valence-electron chi connectivity index (χ3n) is 2.35. The number of benzene rings is 2. The lowest BCUT2D eigenvalue weighted by molar-refractivity contribution is 0.322. The molecular formula is C14H13FO. The lowest BCUT2D eigenvalue weighted by atomic mass is 10.1. The average molecular weight is 216 g/mol. The number of hydrogen-bond donors (Lipinski definition) is 0. The minimum absolute atomic E-state index is 0.296. The van der Waals surface area contributed by atoms with Gasteiger partial charge in [0.15, 0.2) is 11.6 Å². The first-order valence-corrected chi connectivity index (χ1v) is 5.29. The van der Waals surface area contributed by atoms with Crippen LogP contribution in [0.2, 0.25) is 0 Å². The molecule has 0 bridgehead atoms. The molecule has 0 heterocycles. The normalized spacial score (nSPS) is 10.1. The second kappa shape index (κ2) is 4.79. The van der Waals surface area contributed by atoms with Crippen molar-refractivity contribution in [3.8, 4) is 16.9 Å². The van der Waals surface area contributed by atoms with Crippen LogP contribution in [0.5, 0.6) is 5.75 Å². The lowest BCUT2D eigenvalue weighted by Gasteiger charge is -2.08. The largest absolute Gasteiger partial charge is 0.491 e. The average Bonchev–Trinajstić information content (AvgIpc) is 2.33. The van der Waals surface area contributed by atoms with Gasteiger partial charge in [-0.25, -0.2) is 4.39 Å². The topological polar surface area (TPSA) is 9.23 Å². The molecule has 1 nitrogen and oxygen atoms in total. The Balaban J connectivity index is 2.46. The van der Waals surface area contributed by atoms with E-state index in [9.17, 15) is 4.39 Å². The molecule has 2 heteroatoms. The van der Waals surface area contributed by atoms with Crippen molar-refractivity contribution in [3.05, 3.63) is 54.3 Å². The molecule has 0 amide bonds. The van der Waals surface area contributed by atoms with Gasteiger partial charge in [-0.15, -0.1) is 0 Å². The van der Waals surface area contributed by atoms with E-state index in [4.69, 9.17) is 4.74 Å². The highest BCUT2D eigenvalue weighted by Crippen LogP contribution is 2.28. The number of rotatable bonds is 3. The summed E-state index contributed by atoms with van der Waals surface area (Å²) >= 11 is 0. The molecule has 2 aromatic rings. The van der Waals surface area contributed by atoms with Crippen molar-refractivity contribution in [1.82, 2.24) is 0 Å². The molecule has 0 saturated carbocycles. The Morgan fingerprint density at radius 2 is 1.75 bits per heavy atom. The van der Waals surface area contributed by atoms with Crippen molar-refractivity contribution < 1.29 is 9.13 Å². The van der Waals surface area contributed by atoms with E-state index in [1.807, 2.05) is 37.3 Å². The molecule has 0 atom stereocenters. The highest BCUT2D eigenvalue weighted by Gasteiger charge is 2.09. The summed E-state index contributed by atoms with van der Waals surface area (Å²) < 4.78 is 19.2. The van der Waals surface area contributed by atoms with Gasteiger partial charge in [0.2, 0.25) is 0 Å². The molecule has 0 aliphatic rings. The van der Waals surface area contributed by atoms with Gasteiger partial charge in [-0.2, -0.15) is 0 Å². The van der Waals surface area contributed by atoms with Crippen LogP contribution in [-0.2, 0) is 0 Å². The van der Waals surface area contributed by atoms with Crippen LogP contribution in [0.15, 0.2) is 48.5 Å². The van der Waals surface area contributed by atoms with Gasteiger partial charge in [-0.1, -0.05) is 42.5 Å². The molecule has 0 saturated heterocycles. The van der Waals surface area contributed by atoms with Crippen molar-refractivity contribution in [2.75, 3.05) is 6.61 Å². The number of hydrogen-bond acceptors (Lipinski definition) is 1. The van der Waals surface area contributed by atoms with Gasteiger partial charge in [-0.05, 0) is 18.6 Å². The van der Waals surface area contributed by atoms with Gasteiger partial charge in [0, 0.05) is 5.56 Å². The second-order valence-electron chi connectivity index (χ2n) is 3.42. The van der Waals surface area contributed by atoms with Crippen LogP contribution in [0.3, 0.4) is 0 Å². The maximum absolute atomic E-state index is 14.0. The van der Waals surface area contributed by atoms with Crippen molar-refractivity contribution in [1.29, 1.82) is 0 Å². The molecule has 82 valence electrons. The Labute approximate surface area is 94.5 Å². The van der Waals surface area contributed by atoms with Crippen molar-refractivity contribution >= 4 is 0 Å². The van der Waals surface area contributed by atoms with Gasteiger partial charge in [0.25, 0.3) is 0 Å². The standard InChI is InChI=1S/C14H13FO/c1-2-16-13-10-6-9-12(14(13)15)11-7-4-3-5-8-11/h3-10H,2H2,1H3. The smallest absolute Gasteiger partial charge is 0.172 e. The van der Waals surface area contributed by atoms with Gasteiger partial charge < -0.3 is 4.74 Å². The predicted octanol–water partition coefficient (Wildman–Crippen LogP) is 3.89. The zero-order valence-corrected chi connectivity index (χ0v) is 9.11. The molecular weight excluding hydrogens is 203 g/mol. The minimum Gasteiger partial charge on any atom is -0.491 e. The Kier molecular flexibility index (Phi) is 3.20. The molecule has 0 aromatic heterocycles. The van der Waals surface area contributed by atoms with Crippen molar-refractivity contribution in [2.24, 2.45) is 0 Å². The molecule has 2 aromatic carbocycles. The van der Waals surface area contributed by atoms with Crippen LogP contribution in [-0.4, -0.2) is 6.61 Å². The van der Waals surface area contributed by atoms with Crippen LogP contribution < -0.4 is 4.74 Å². The van der Waals surface area contributed by atoms with E-state index in [1.165, 1.54) is 0 Å². The summed E-state index contributed by atoms with van der Waals surface area (Å²) in [6.45, 7) is 2.31. The van der Waals surface area contributed by atoms with Crippen LogP contribution in [0.25, 0.3) is 11.1 Å². The van der Waals surface area contributed by atoms with Crippen molar-refractivity contribution in [2.45, 2.75) is 6.92 Å². The Hall–Kier alpha value is -1.83. The molecule has 0 radical (unpaired) electrons. The highest BCUT2D eigenvalue weighted by molar-refractivity contribution is 5.65. The number of ether oxygens (including phenoxy) is 1. The van der Waals surface area contributed by atoms with Crippen LogP contribution in [0, 0.1) is 5.82 Å². The van der Waals surface area contributed by atoms with Crippen LogP contribution >= 0.6 is 0 Å². The van der Waals surface area contributed by atoms with Crippen LogP contribution in [0.1, 0.15) is 6.92 Å². The molecule has 16 heavy (non-hydrogen) atoms. The summed E-state index contributed by atoms with van der Waals surface area (Å²) in [5, 5.41) is 0. The summed E-state index contributed by atoms with van der Waals surface area (Å²) in [7, 11) is 0. The third-order valence-corrected chi connectivity index (χ3v) is 2.35. The van der Waals surface area contributed by atoms with E-state index in [1.54, 1.807) is 18.2 Å². The molecule has 0 aliphatic carbocycles. The summed E-state index contributed by atoms with van der Waals surface area (Å²) in [5.41, 5.74) is 1.44. The fraction of sp³-hybridized carbons (Fsp3) is 0.143. The van der Waals surface area contributed by atoms with E-state index >= 15 is 0 Å². The Bertz CT molecular complexity index is 465. The van der Waals surface area contributed by atoms with Gasteiger partial charge in [0.05, 0.1) is 6.61 Å². The van der Waals surface area contributed by atoms with Gasteiger partial charge >= 0.3 is 0 Å². The van der Waals surface area contributed by atoms with Gasteiger partial charge in [-0.3, -0.25) is 0 Å². The zero-order chi connectivity index (χ0) is 11.4. The minimum atomic E-state index is -0.296. The van der Waals surface area contributed by atoms with E-state index in [-0.39, 0.29) is 5.82 Å². The summed E-state index contributed by atoms with van der Waals surface area (Å²) in [6, 6.07) is 14.7. The molecule has 0 unspecified atom stereocenters. The zero-order valence-electron chi connectivity index (χ0n) is 9.11. The Morgan fingerprint density at radius 1 is 1.00 bits per heavy atom. The molecule has 2 rings (SSSR count). The molecule has 0 fully saturated rings. The maximum Gasteiger partial charge on any atom is 0.172 e. The maximum atomic E-state index is 14.0. The number of halogens is 1. The summed E-state index contributed by atoms with van der Waals surface area (Å²) in [5.74, 6) is 0.0133. The first kappa shape index (κ1) is 10.7. The van der Waals surface area contributed by atoms with E-state index < -0.39 is 0 Å². The summed E-state index contributed by atoms with van der Waals surface area (Å²) in [6.07, 6.45) is 0. The predicted molar refractivity (Wildman–Crippen MR) is 63.0 cm³/mol. The molecule has 0 aliphatic heterocycles. The van der Waals surface area contributed by atoms with E-state index in [2.05, 4.69) is 0 Å². The third kappa shape index (κ3) is 2.06. The van der Waals surface area contributed by atoms with E-state index in [0.717, 1.165) is 5.56 Å². The fourth-order valence-electron chi connectivity index (χ4n) is 1.62. The SMILES string of the molecule is CCOc1cccc(-c2ccccc2)c1F. The second-order valence-corrected chi connectivity index (χ2v) is 3.42.